The molecule has 1 atom stereocenters. The van der Waals surface area contributed by atoms with Crippen molar-refractivity contribution in [1.82, 2.24) is 4.72 Å². The average molecular weight is 333 g/mol. The monoisotopic (exact) mass is 333 g/mol. The second-order valence-electron chi connectivity index (χ2n) is 5.79. The Kier molecular flexibility index (Phi) is 5.12. The number of nitrogens with one attached hydrogen (secondary N) is 1. The van der Waals surface area contributed by atoms with Crippen LogP contribution in [0.4, 0.5) is 0 Å². The van der Waals surface area contributed by atoms with Gasteiger partial charge in [0, 0.05) is 6.04 Å². The number of sulfonamides is 1. The van der Waals surface area contributed by atoms with Crippen molar-refractivity contribution < 1.29 is 13.2 Å². The number of benzene rings is 2. The predicted molar refractivity (Wildman–Crippen MR) is 92.4 cm³/mol. The van der Waals surface area contributed by atoms with Crippen molar-refractivity contribution in [2.75, 3.05) is 7.11 Å². The van der Waals surface area contributed by atoms with Gasteiger partial charge in [-0.25, -0.2) is 13.1 Å². The molecule has 0 bridgehead atoms. The van der Waals surface area contributed by atoms with Crippen LogP contribution >= 0.6 is 0 Å². The van der Waals surface area contributed by atoms with Gasteiger partial charge in [-0.05, 0) is 62.1 Å². The zero-order valence-electron chi connectivity index (χ0n) is 14.2. The summed E-state index contributed by atoms with van der Waals surface area (Å²) >= 11 is 0. The summed E-state index contributed by atoms with van der Waals surface area (Å²) in [5, 5.41) is 0. The van der Waals surface area contributed by atoms with Crippen LogP contribution in [0.15, 0.2) is 41.3 Å². The van der Waals surface area contributed by atoms with Crippen LogP contribution in [0.2, 0.25) is 0 Å². The topological polar surface area (TPSA) is 55.4 Å². The molecule has 1 N–H and O–H groups in total. The first kappa shape index (κ1) is 17.5. The molecule has 2 rings (SSSR count). The summed E-state index contributed by atoms with van der Waals surface area (Å²) in [6.07, 6.45) is 0. The predicted octanol–water partition coefficient (Wildman–Crippen LogP) is 3.66. The van der Waals surface area contributed by atoms with Gasteiger partial charge >= 0.3 is 0 Å². The number of ether oxygens (including phenoxy) is 1. The van der Waals surface area contributed by atoms with E-state index < -0.39 is 10.0 Å². The fraction of sp³-hybridized carbons (Fsp3) is 0.333. The van der Waals surface area contributed by atoms with E-state index in [-0.39, 0.29) is 10.9 Å². The van der Waals surface area contributed by atoms with Gasteiger partial charge in [-0.1, -0.05) is 24.3 Å². The van der Waals surface area contributed by atoms with Gasteiger partial charge < -0.3 is 4.74 Å². The van der Waals surface area contributed by atoms with Gasteiger partial charge in [-0.3, -0.25) is 0 Å². The quantitative estimate of drug-likeness (QED) is 0.908. The molecule has 0 heterocycles. The maximum atomic E-state index is 12.7. The van der Waals surface area contributed by atoms with Crippen LogP contribution < -0.4 is 9.46 Å². The molecule has 1 unspecified atom stereocenters. The maximum absolute atomic E-state index is 12.7. The van der Waals surface area contributed by atoms with Crippen LogP contribution in [0.25, 0.3) is 0 Å². The lowest BCUT2D eigenvalue weighted by molar-refractivity contribution is 0.411. The third kappa shape index (κ3) is 3.74. The molecular formula is C18H23NO3S. The molecular weight excluding hydrogens is 310 g/mol. The molecule has 4 nitrogen and oxygen atoms in total. The molecule has 124 valence electrons. The third-order valence-electron chi connectivity index (χ3n) is 3.97. The number of hydrogen-bond donors (Lipinski definition) is 1. The molecule has 0 saturated heterocycles. The van der Waals surface area contributed by atoms with Gasteiger partial charge in [0.25, 0.3) is 0 Å². The van der Waals surface area contributed by atoms with E-state index in [4.69, 9.17) is 4.74 Å². The molecule has 0 aliphatic rings. The Bertz CT molecular complexity index is 813. The summed E-state index contributed by atoms with van der Waals surface area (Å²) in [6.45, 7) is 7.44. The standard InChI is InChI=1S/C18H23NO3S/c1-12-8-6-7-9-16(12)15(4)19-23(20,21)18-11-13(2)17(22-5)10-14(18)3/h6-11,15,19H,1-5H3. The van der Waals surface area contributed by atoms with E-state index in [1.54, 1.807) is 26.2 Å². The minimum Gasteiger partial charge on any atom is -0.496 e. The van der Waals surface area contributed by atoms with E-state index in [0.29, 0.717) is 11.3 Å². The minimum absolute atomic E-state index is 0.288. The Morgan fingerprint density at radius 2 is 1.65 bits per heavy atom. The average Bonchev–Trinajstić information content (AvgIpc) is 2.48. The van der Waals surface area contributed by atoms with Crippen molar-refractivity contribution in [3.8, 4) is 5.75 Å². The summed E-state index contributed by atoms with van der Waals surface area (Å²) in [5.74, 6) is 0.688. The zero-order valence-corrected chi connectivity index (χ0v) is 15.0. The molecule has 0 fully saturated rings. The molecule has 0 aliphatic carbocycles. The SMILES string of the molecule is COc1cc(C)c(S(=O)(=O)NC(C)c2ccccc2C)cc1C. The first-order valence-electron chi connectivity index (χ1n) is 7.49. The fourth-order valence-corrected chi connectivity index (χ4v) is 4.24. The third-order valence-corrected chi connectivity index (χ3v) is 5.65. The second-order valence-corrected chi connectivity index (χ2v) is 7.47. The molecule has 0 radical (unpaired) electrons. The Hall–Kier alpha value is -1.85. The van der Waals surface area contributed by atoms with Crippen molar-refractivity contribution in [2.45, 2.75) is 38.6 Å². The van der Waals surface area contributed by atoms with Crippen LogP contribution in [0.1, 0.15) is 35.2 Å². The fourth-order valence-electron chi connectivity index (χ4n) is 2.70. The highest BCUT2D eigenvalue weighted by Crippen LogP contribution is 2.27. The molecule has 0 aliphatic heterocycles. The normalized spacial score (nSPS) is 12.9. The summed E-state index contributed by atoms with van der Waals surface area (Å²) in [6, 6.07) is 10.9. The van der Waals surface area contributed by atoms with Crippen molar-refractivity contribution >= 4 is 10.0 Å². The Labute approximate surface area is 138 Å². The maximum Gasteiger partial charge on any atom is 0.241 e. The lowest BCUT2D eigenvalue weighted by atomic mass is 10.0. The van der Waals surface area contributed by atoms with Gasteiger partial charge in [-0.2, -0.15) is 0 Å². The first-order chi connectivity index (χ1) is 10.8. The van der Waals surface area contributed by atoms with Gasteiger partial charge in [0.1, 0.15) is 5.75 Å². The van der Waals surface area contributed by atoms with Crippen molar-refractivity contribution in [1.29, 1.82) is 0 Å². The number of rotatable bonds is 5. The number of methoxy groups -OCH3 is 1. The Balaban J connectivity index is 2.36. The van der Waals surface area contributed by atoms with Crippen LogP contribution in [0.3, 0.4) is 0 Å². The smallest absolute Gasteiger partial charge is 0.241 e. The van der Waals surface area contributed by atoms with E-state index in [0.717, 1.165) is 16.7 Å². The number of hydrogen-bond acceptors (Lipinski definition) is 3. The van der Waals surface area contributed by atoms with Gasteiger partial charge in [0.15, 0.2) is 0 Å². The molecule has 0 saturated carbocycles. The molecule has 2 aromatic carbocycles. The molecule has 0 spiro atoms. The molecule has 5 heteroatoms. The highest BCUT2D eigenvalue weighted by Gasteiger charge is 2.22. The summed E-state index contributed by atoms with van der Waals surface area (Å²) < 4.78 is 33.5. The van der Waals surface area contributed by atoms with Crippen LogP contribution in [-0.4, -0.2) is 15.5 Å². The molecule has 23 heavy (non-hydrogen) atoms. The van der Waals surface area contributed by atoms with E-state index in [2.05, 4.69) is 4.72 Å². The van der Waals surface area contributed by atoms with Crippen molar-refractivity contribution in [3.63, 3.8) is 0 Å². The lowest BCUT2D eigenvalue weighted by Crippen LogP contribution is -2.28. The van der Waals surface area contributed by atoms with E-state index >= 15 is 0 Å². The van der Waals surface area contributed by atoms with E-state index in [1.165, 1.54) is 0 Å². The van der Waals surface area contributed by atoms with Gasteiger partial charge in [0.2, 0.25) is 10.0 Å². The van der Waals surface area contributed by atoms with Crippen LogP contribution in [0, 0.1) is 20.8 Å². The summed E-state index contributed by atoms with van der Waals surface area (Å²) in [7, 11) is -2.03. The molecule has 0 aromatic heterocycles. The Morgan fingerprint density at radius 3 is 2.26 bits per heavy atom. The second kappa shape index (κ2) is 6.72. The minimum atomic E-state index is -3.61. The summed E-state index contributed by atoms with van der Waals surface area (Å²) in [5.41, 5.74) is 3.49. The number of aryl methyl sites for hydroxylation is 3. The first-order valence-corrected chi connectivity index (χ1v) is 8.97. The summed E-state index contributed by atoms with van der Waals surface area (Å²) in [4.78, 5) is 0.288. The van der Waals surface area contributed by atoms with Crippen LogP contribution in [0.5, 0.6) is 5.75 Å². The van der Waals surface area contributed by atoms with Crippen molar-refractivity contribution in [2.24, 2.45) is 0 Å². The van der Waals surface area contributed by atoms with Crippen molar-refractivity contribution in [3.05, 3.63) is 58.7 Å². The Morgan fingerprint density at radius 1 is 1.00 bits per heavy atom. The van der Waals surface area contributed by atoms with Crippen LogP contribution in [-0.2, 0) is 10.0 Å². The van der Waals surface area contributed by atoms with E-state index in [9.17, 15) is 8.42 Å². The van der Waals surface area contributed by atoms with Gasteiger partial charge in [-0.15, -0.1) is 0 Å². The highest BCUT2D eigenvalue weighted by molar-refractivity contribution is 7.89. The van der Waals surface area contributed by atoms with E-state index in [1.807, 2.05) is 45.0 Å². The zero-order chi connectivity index (χ0) is 17.2. The lowest BCUT2D eigenvalue weighted by Gasteiger charge is -2.18. The van der Waals surface area contributed by atoms with Gasteiger partial charge in [0.05, 0.1) is 12.0 Å². The largest absolute Gasteiger partial charge is 0.496 e. The highest BCUT2D eigenvalue weighted by atomic mass is 32.2. The molecule has 0 amide bonds. The molecule has 2 aromatic rings.